The van der Waals surface area contributed by atoms with E-state index in [1.165, 1.54) is 38.9 Å². The molecular weight excluding hydrogens is 226 g/mol. The van der Waals surface area contributed by atoms with E-state index in [1.807, 2.05) is 6.07 Å². The van der Waals surface area contributed by atoms with Crippen molar-refractivity contribution in [1.82, 2.24) is 15.4 Å². The average molecular weight is 251 g/mol. The first-order chi connectivity index (χ1) is 8.79. The number of aromatic nitrogens is 1. The summed E-state index contributed by atoms with van der Waals surface area (Å²) in [4.78, 5) is 2.60. The van der Waals surface area contributed by atoms with Crippen LogP contribution in [0.3, 0.4) is 0 Å². The summed E-state index contributed by atoms with van der Waals surface area (Å²) in [5, 5.41) is 7.50. The fourth-order valence-electron chi connectivity index (χ4n) is 2.78. The predicted molar refractivity (Wildman–Crippen MR) is 72.3 cm³/mol. The van der Waals surface area contributed by atoms with Crippen LogP contribution in [0.2, 0.25) is 0 Å². The van der Waals surface area contributed by atoms with Crippen LogP contribution in [0.5, 0.6) is 0 Å². The molecule has 2 atom stereocenters. The summed E-state index contributed by atoms with van der Waals surface area (Å²) in [5.74, 6) is 0.761. The van der Waals surface area contributed by atoms with Gasteiger partial charge < -0.3 is 14.7 Å². The quantitative estimate of drug-likeness (QED) is 0.842. The van der Waals surface area contributed by atoms with Crippen LogP contribution < -0.4 is 5.32 Å². The molecule has 4 nitrogen and oxygen atoms in total. The lowest BCUT2D eigenvalue weighted by Crippen LogP contribution is -2.44. The largest absolute Gasteiger partial charge is 0.364 e. The summed E-state index contributed by atoms with van der Waals surface area (Å²) >= 11 is 0. The van der Waals surface area contributed by atoms with Crippen molar-refractivity contribution in [1.29, 1.82) is 0 Å². The molecule has 2 heterocycles. The number of nitrogens with zero attached hydrogens (tertiary/aromatic N) is 2. The van der Waals surface area contributed by atoms with Crippen LogP contribution in [-0.4, -0.2) is 35.7 Å². The SMILES string of the molecule is CCCN1CCCC(C(C)NCc2ccon2)C1. The van der Waals surface area contributed by atoms with Gasteiger partial charge in [0.15, 0.2) is 0 Å². The second kappa shape index (κ2) is 6.90. The second-order valence-electron chi connectivity index (χ2n) is 5.36. The number of piperidine rings is 1. The lowest BCUT2D eigenvalue weighted by molar-refractivity contribution is 0.150. The molecule has 0 spiro atoms. The fraction of sp³-hybridized carbons (Fsp3) is 0.786. The van der Waals surface area contributed by atoms with E-state index in [1.54, 1.807) is 6.26 Å². The van der Waals surface area contributed by atoms with Crippen LogP contribution in [0.25, 0.3) is 0 Å². The van der Waals surface area contributed by atoms with Crippen LogP contribution in [0.15, 0.2) is 16.9 Å². The zero-order valence-electron chi connectivity index (χ0n) is 11.6. The van der Waals surface area contributed by atoms with Gasteiger partial charge in [0, 0.05) is 25.2 Å². The maximum Gasteiger partial charge on any atom is 0.124 e. The van der Waals surface area contributed by atoms with Gasteiger partial charge in [-0.25, -0.2) is 0 Å². The molecule has 1 fully saturated rings. The van der Waals surface area contributed by atoms with E-state index in [2.05, 4.69) is 29.2 Å². The highest BCUT2D eigenvalue weighted by atomic mass is 16.5. The van der Waals surface area contributed by atoms with Gasteiger partial charge >= 0.3 is 0 Å². The number of hydrogen-bond acceptors (Lipinski definition) is 4. The van der Waals surface area contributed by atoms with Crippen molar-refractivity contribution in [3.63, 3.8) is 0 Å². The van der Waals surface area contributed by atoms with Crippen LogP contribution in [-0.2, 0) is 6.54 Å². The topological polar surface area (TPSA) is 41.3 Å². The zero-order valence-corrected chi connectivity index (χ0v) is 11.6. The third-order valence-electron chi connectivity index (χ3n) is 3.89. The standard InChI is InChI=1S/C14H25N3O/c1-3-7-17-8-4-5-13(11-17)12(2)15-10-14-6-9-18-16-14/h6,9,12-13,15H,3-5,7-8,10-11H2,1-2H3. The molecule has 1 aromatic rings. The number of nitrogens with one attached hydrogen (secondary N) is 1. The van der Waals surface area contributed by atoms with Gasteiger partial charge in [-0.3, -0.25) is 0 Å². The van der Waals surface area contributed by atoms with Crippen molar-refractivity contribution in [2.45, 2.75) is 45.7 Å². The molecule has 2 unspecified atom stereocenters. The molecule has 1 N–H and O–H groups in total. The first-order valence-electron chi connectivity index (χ1n) is 7.14. The Morgan fingerprint density at radius 2 is 2.50 bits per heavy atom. The van der Waals surface area contributed by atoms with E-state index in [0.29, 0.717) is 6.04 Å². The van der Waals surface area contributed by atoms with Gasteiger partial charge in [0.2, 0.25) is 0 Å². The molecule has 0 bridgehead atoms. The number of likely N-dealkylation sites (tertiary alicyclic amines) is 1. The average Bonchev–Trinajstić information content (AvgIpc) is 2.90. The summed E-state index contributed by atoms with van der Waals surface area (Å²) in [5.41, 5.74) is 0.989. The van der Waals surface area contributed by atoms with Crippen molar-refractivity contribution in [3.8, 4) is 0 Å². The molecule has 0 aliphatic carbocycles. The maximum atomic E-state index is 4.84. The molecule has 4 heteroatoms. The van der Waals surface area contributed by atoms with E-state index in [-0.39, 0.29) is 0 Å². The molecule has 0 amide bonds. The van der Waals surface area contributed by atoms with Crippen LogP contribution in [0, 0.1) is 5.92 Å². The Kier molecular flexibility index (Phi) is 5.20. The molecule has 1 aliphatic rings. The minimum atomic E-state index is 0.543. The normalized spacial score (nSPS) is 23.1. The Balaban J connectivity index is 1.75. The van der Waals surface area contributed by atoms with Gasteiger partial charge in [0.1, 0.15) is 6.26 Å². The molecule has 0 aromatic carbocycles. The molecule has 102 valence electrons. The minimum Gasteiger partial charge on any atom is -0.364 e. The molecule has 18 heavy (non-hydrogen) atoms. The van der Waals surface area contributed by atoms with Crippen molar-refractivity contribution >= 4 is 0 Å². The van der Waals surface area contributed by atoms with E-state index >= 15 is 0 Å². The maximum absolute atomic E-state index is 4.84. The Hall–Kier alpha value is -0.870. The highest BCUT2D eigenvalue weighted by Crippen LogP contribution is 2.20. The molecule has 0 radical (unpaired) electrons. The third kappa shape index (κ3) is 3.82. The van der Waals surface area contributed by atoms with E-state index in [4.69, 9.17) is 4.52 Å². The van der Waals surface area contributed by atoms with Gasteiger partial charge in [0.25, 0.3) is 0 Å². The molecule has 2 rings (SSSR count). The summed E-state index contributed by atoms with van der Waals surface area (Å²) in [6, 6.07) is 2.46. The highest BCUT2D eigenvalue weighted by molar-refractivity contribution is 4.95. The monoisotopic (exact) mass is 251 g/mol. The predicted octanol–water partition coefficient (Wildman–Crippen LogP) is 2.27. The second-order valence-corrected chi connectivity index (χ2v) is 5.36. The van der Waals surface area contributed by atoms with Crippen molar-refractivity contribution < 1.29 is 4.52 Å². The number of hydrogen-bond donors (Lipinski definition) is 1. The van der Waals surface area contributed by atoms with Crippen LogP contribution >= 0.6 is 0 Å². The summed E-state index contributed by atoms with van der Waals surface area (Å²) < 4.78 is 4.84. The first-order valence-corrected chi connectivity index (χ1v) is 7.14. The zero-order chi connectivity index (χ0) is 12.8. The van der Waals surface area contributed by atoms with Gasteiger partial charge in [-0.1, -0.05) is 12.1 Å². The Morgan fingerprint density at radius 1 is 1.61 bits per heavy atom. The highest BCUT2D eigenvalue weighted by Gasteiger charge is 2.23. The van der Waals surface area contributed by atoms with E-state index in [9.17, 15) is 0 Å². The summed E-state index contributed by atoms with van der Waals surface area (Å²) in [7, 11) is 0. The van der Waals surface area contributed by atoms with Gasteiger partial charge in [0.05, 0.1) is 5.69 Å². The summed E-state index contributed by atoms with van der Waals surface area (Å²) in [6.07, 6.45) is 5.56. The van der Waals surface area contributed by atoms with Crippen LogP contribution in [0.4, 0.5) is 0 Å². The molecular formula is C14H25N3O. The lowest BCUT2D eigenvalue weighted by atomic mass is 9.91. The summed E-state index contributed by atoms with van der Waals surface area (Å²) in [6.45, 7) is 9.12. The van der Waals surface area contributed by atoms with Gasteiger partial charge in [-0.05, 0) is 45.2 Å². The van der Waals surface area contributed by atoms with Crippen molar-refractivity contribution in [3.05, 3.63) is 18.0 Å². The van der Waals surface area contributed by atoms with Gasteiger partial charge in [-0.2, -0.15) is 0 Å². The van der Waals surface area contributed by atoms with Crippen molar-refractivity contribution in [2.24, 2.45) is 5.92 Å². The number of rotatable bonds is 6. The van der Waals surface area contributed by atoms with Gasteiger partial charge in [-0.15, -0.1) is 0 Å². The Labute approximate surface area is 110 Å². The molecule has 1 saturated heterocycles. The van der Waals surface area contributed by atoms with Crippen molar-refractivity contribution in [2.75, 3.05) is 19.6 Å². The third-order valence-corrected chi connectivity index (χ3v) is 3.89. The molecule has 1 aliphatic heterocycles. The Morgan fingerprint density at radius 3 is 3.22 bits per heavy atom. The van der Waals surface area contributed by atoms with Crippen LogP contribution in [0.1, 0.15) is 38.8 Å². The van der Waals surface area contributed by atoms with E-state index in [0.717, 1.165) is 18.2 Å². The fourth-order valence-corrected chi connectivity index (χ4v) is 2.78. The smallest absolute Gasteiger partial charge is 0.124 e. The lowest BCUT2D eigenvalue weighted by Gasteiger charge is -2.36. The minimum absolute atomic E-state index is 0.543. The molecule has 1 aromatic heterocycles. The first kappa shape index (κ1) is 13.6. The molecule has 0 saturated carbocycles. The van der Waals surface area contributed by atoms with E-state index < -0.39 is 0 Å². The Bertz CT molecular complexity index is 324.